The fourth-order valence-corrected chi connectivity index (χ4v) is 2.01. The standard InChI is InChI=1S/C14H11ClFN3OS/c15-10-2-1-3-11(12(10)16)19-14(21)18-9-6-4-8(5-7-9)13(17)20/h1-7H,(H2,17,20)(H2,18,19,21). The van der Waals surface area contributed by atoms with Gasteiger partial charge in [0.2, 0.25) is 5.91 Å². The molecule has 2 rings (SSSR count). The molecular formula is C14H11ClFN3OS. The molecule has 0 saturated carbocycles. The first-order valence-corrected chi connectivity index (χ1v) is 6.68. The number of thiocarbonyl (C=S) groups is 1. The van der Waals surface area contributed by atoms with E-state index in [1.807, 2.05) is 0 Å². The molecule has 0 bridgehead atoms. The van der Waals surface area contributed by atoms with Gasteiger partial charge in [0.25, 0.3) is 0 Å². The highest BCUT2D eigenvalue weighted by Crippen LogP contribution is 2.22. The monoisotopic (exact) mass is 323 g/mol. The molecule has 0 aliphatic heterocycles. The van der Waals surface area contributed by atoms with Crippen molar-refractivity contribution in [2.24, 2.45) is 5.73 Å². The number of halogens is 2. The average molecular weight is 324 g/mol. The van der Waals surface area contributed by atoms with E-state index >= 15 is 0 Å². The molecule has 108 valence electrons. The van der Waals surface area contributed by atoms with E-state index in [1.54, 1.807) is 30.3 Å². The molecule has 0 fully saturated rings. The van der Waals surface area contributed by atoms with Gasteiger partial charge in [0.05, 0.1) is 10.7 Å². The summed E-state index contributed by atoms with van der Waals surface area (Å²) in [5.41, 5.74) is 6.35. The van der Waals surface area contributed by atoms with Gasteiger partial charge in [-0.3, -0.25) is 4.79 Å². The molecule has 0 radical (unpaired) electrons. The molecule has 1 amide bonds. The number of nitrogens with two attached hydrogens (primary N) is 1. The largest absolute Gasteiger partial charge is 0.366 e. The molecular weight excluding hydrogens is 313 g/mol. The fraction of sp³-hybridized carbons (Fsp3) is 0. The lowest BCUT2D eigenvalue weighted by Crippen LogP contribution is -2.20. The van der Waals surface area contributed by atoms with Crippen LogP contribution >= 0.6 is 23.8 Å². The van der Waals surface area contributed by atoms with Crippen LogP contribution in [0.2, 0.25) is 5.02 Å². The Balaban J connectivity index is 2.04. The molecule has 2 aromatic rings. The lowest BCUT2D eigenvalue weighted by atomic mass is 10.2. The van der Waals surface area contributed by atoms with Gasteiger partial charge >= 0.3 is 0 Å². The van der Waals surface area contributed by atoms with Gasteiger partial charge in [-0.2, -0.15) is 0 Å². The Kier molecular flexibility index (Phi) is 4.72. The van der Waals surface area contributed by atoms with E-state index in [1.165, 1.54) is 12.1 Å². The van der Waals surface area contributed by atoms with Gasteiger partial charge in [0.1, 0.15) is 0 Å². The number of primary amides is 1. The number of carbonyl (C=O) groups excluding carboxylic acids is 1. The summed E-state index contributed by atoms with van der Waals surface area (Å²) in [5.74, 6) is -1.09. The molecule has 0 unspecified atom stereocenters. The van der Waals surface area contributed by atoms with Crippen LogP contribution in [-0.4, -0.2) is 11.0 Å². The number of nitrogens with one attached hydrogen (secondary N) is 2. The van der Waals surface area contributed by atoms with E-state index in [4.69, 9.17) is 29.6 Å². The minimum Gasteiger partial charge on any atom is -0.366 e. The smallest absolute Gasteiger partial charge is 0.248 e. The van der Waals surface area contributed by atoms with E-state index in [0.717, 1.165) is 0 Å². The highest BCUT2D eigenvalue weighted by atomic mass is 35.5. The first-order chi connectivity index (χ1) is 9.97. The second-order valence-corrected chi connectivity index (χ2v) is 4.94. The molecule has 4 N–H and O–H groups in total. The van der Waals surface area contributed by atoms with Gasteiger partial charge in [-0.05, 0) is 48.6 Å². The van der Waals surface area contributed by atoms with Crippen molar-refractivity contribution in [1.29, 1.82) is 0 Å². The summed E-state index contributed by atoms with van der Waals surface area (Å²) in [7, 11) is 0. The summed E-state index contributed by atoms with van der Waals surface area (Å²) in [6.45, 7) is 0. The molecule has 2 aromatic carbocycles. The Morgan fingerprint density at radius 2 is 1.81 bits per heavy atom. The number of hydrogen-bond acceptors (Lipinski definition) is 2. The van der Waals surface area contributed by atoms with Gasteiger partial charge < -0.3 is 16.4 Å². The van der Waals surface area contributed by atoms with Crippen LogP contribution in [0.25, 0.3) is 0 Å². The zero-order valence-corrected chi connectivity index (χ0v) is 12.3. The van der Waals surface area contributed by atoms with Gasteiger partial charge in [-0.15, -0.1) is 0 Å². The van der Waals surface area contributed by atoms with E-state index < -0.39 is 11.7 Å². The third kappa shape index (κ3) is 3.90. The van der Waals surface area contributed by atoms with Crippen molar-refractivity contribution in [1.82, 2.24) is 0 Å². The molecule has 4 nitrogen and oxygen atoms in total. The Morgan fingerprint density at radius 1 is 1.14 bits per heavy atom. The summed E-state index contributed by atoms with van der Waals surface area (Å²) in [6.07, 6.45) is 0. The summed E-state index contributed by atoms with van der Waals surface area (Å²) >= 11 is 10.8. The number of amides is 1. The van der Waals surface area contributed by atoms with E-state index in [9.17, 15) is 9.18 Å². The maximum atomic E-state index is 13.7. The van der Waals surface area contributed by atoms with Crippen molar-refractivity contribution in [3.8, 4) is 0 Å². The third-order valence-electron chi connectivity index (χ3n) is 2.63. The van der Waals surface area contributed by atoms with Gasteiger partial charge in [-0.1, -0.05) is 17.7 Å². The third-order valence-corrected chi connectivity index (χ3v) is 3.12. The molecule has 0 aliphatic carbocycles. The van der Waals surface area contributed by atoms with Crippen LogP contribution in [0.15, 0.2) is 42.5 Å². The van der Waals surface area contributed by atoms with E-state index in [0.29, 0.717) is 11.3 Å². The highest BCUT2D eigenvalue weighted by molar-refractivity contribution is 7.80. The fourth-order valence-electron chi connectivity index (χ4n) is 1.60. The number of benzene rings is 2. The Hall–Kier alpha value is -2.18. The molecule has 7 heteroatoms. The van der Waals surface area contributed by atoms with E-state index in [2.05, 4.69) is 10.6 Å². The Labute approximate surface area is 131 Å². The van der Waals surface area contributed by atoms with Crippen molar-refractivity contribution >= 4 is 46.2 Å². The number of rotatable bonds is 3. The van der Waals surface area contributed by atoms with Gasteiger partial charge in [-0.25, -0.2) is 4.39 Å². The molecule has 0 saturated heterocycles. The lowest BCUT2D eigenvalue weighted by molar-refractivity contribution is 0.100. The predicted molar refractivity (Wildman–Crippen MR) is 86.2 cm³/mol. The number of anilines is 2. The number of hydrogen-bond donors (Lipinski definition) is 3. The summed E-state index contributed by atoms with van der Waals surface area (Å²) in [5, 5.41) is 5.77. The average Bonchev–Trinajstić information content (AvgIpc) is 2.44. The molecule has 21 heavy (non-hydrogen) atoms. The topological polar surface area (TPSA) is 67.2 Å². The maximum Gasteiger partial charge on any atom is 0.248 e. The van der Waals surface area contributed by atoms with Crippen LogP contribution in [-0.2, 0) is 0 Å². The zero-order valence-electron chi connectivity index (χ0n) is 10.7. The lowest BCUT2D eigenvalue weighted by Gasteiger charge is -2.11. The van der Waals surface area contributed by atoms with Crippen LogP contribution in [0.1, 0.15) is 10.4 Å². The predicted octanol–water partition coefficient (Wildman–Crippen LogP) is 3.39. The molecule has 0 atom stereocenters. The summed E-state index contributed by atoms with van der Waals surface area (Å²) < 4.78 is 13.7. The van der Waals surface area contributed by atoms with Gasteiger partial charge in [0, 0.05) is 11.3 Å². The van der Waals surface area contributed by atoms with Crippen molar-refractivity contribution < 1.29 is 9.18 Å². The zero-order chi connectivity index (χ0) is 15.4. The highest BCUT2D eigenvalue weighted by Gasteiger charge is 2.08. The SMILES string of the molecule is NC(=O)c1ccc(NC(=S)Nc2cccc(Cl)c2F)cc1. The van der Waals surface area contributed by atoms with Crippen LogP contribution < -0.4 is 16.4 Å². The summed E-state index contributed by atoms with van der Waals surface area (Å²) in [6, 6.07) is 11.0. The van der Waals surface area contributed by atoms with Gasteiger partial charge in [0.15, 0.2) is 10.9 Å². The Bertz CT molecular complexity index is 691. The van der Waals surface area contributed by atoms with Crippen molar-refractivity contribution in [3.63, 3.8) is 0 Å². The van der Waals surface area contributed by atoms with Crippen LogP contribution in [0.5, 0.6) is 0 Å². The minimum atomic E-state index is -0.576. The molecule has 0 aliphatic rings. The molecule has 0 heterocycles. The Morgan fingerprint density at radius 3 is 2.43 bits per heavy atom. The van der Waals surface area contributed by atoms with E-state index in [-0.39, 0.29) is 15.8 Å². The van der Waals surface area contributed by atoms with Crippen LogP contribution in [0.3, 0.4) is 0 Å². The summed E-state index contributed by atoms with van der Waals surface area (Å²) in [4.78, 5) is 11.0. The minimum absolute atomic E-state index is 0.00797. The molecule has 0 aromatic heterocycles. The second-order valence-electron chi connectivity index (χ2n) is 4.12. The number of carbonyl (C=O) groups is 1. The van der Waals surface area contributed by atoms with Crippen molar-refractivity contribution in [2.45, 2.75) is 0 Å². The van der Waals surface area contributed by atoms with Crippen molar-refractivity contribution in [3.05, 3.63) is 58.9 Å². The maximum absolute atomic E-state index is 13.7. The first-order valence-electron chi connectivity index (χ1n) is 5.89. The normalized spacial score (nSPS) is 10.0. The first kappa shape index (κ1) is 15.2. The second kappa shape index (κ2) is 6.51. The quantitative estimate of drug-likeness (QED) is 0.757. The van der Waals surface area contributed by atoms with Crippen LogP contribution in [0, 0.1) is 5.82 Å². The van der Waals surface area contributed by atoms with Crippen LogP contribution in [0.4, 0.5) is 15.8 Å². The molecule has 0 spiro atoms. The van der Waals surface area contributed by atoms with Crippen molar-refractivity contribution in [2.75, 3.05) is 10.6 Å².